The Morgan fingerprint density at radius 1 is 1.08 bits per heavy atom. The highest BCUT2D eigenvalue weighted by atomic mass is 35.5. The molecule has 2 heterocycles. The van der Waals surface area contributed by atoms with E-state index in [2.05, 4.69) is 26.7 Å². The van der Waals surface area contributed by atoms with Gasteiger partial charge in [-0.15, -0.1) is 0 Å². The van der Waals surface area contributed by atoms with E-state index in [1.165, 1.54) is 0 Å². The minimum Gasteiger partial charge on any atom is -0.480 e. The zero-order valence-electron chi connectivity index (χ0n) is 20.7. The van der Waals surface area contributed by atoms with Crippen LogP contribution in [0.1, 0.15) is 34.9 Å². The highest BCUT2D eigenvalue weighted by molar-refractivity contribution is 6.30. The van der Waals surface area contributed by atoms with Crippen molar-refractivity contribution in [3.63, 3.8) is 0 Å². The molecule has 1 unspecified atom stereocenters. The lowest BCUT2D eigenvalue weighted by Crippen LogP contribution is -2.32. The summed E-state index contributed by atoms with van der Waals surface area (Å²) >= 11 is 6.20. The maximum Gasteiger partial charge on any atom is 0.326 e. The normalized spacial score (nSPS) is 11.8. The Balaban J connectivity index is 1.42. The lowest BCUT2D eigenvalue weighted by molar-refractivity contribution is -0.137. The molecule has 7 heteroatoms. The Hall–Kier alpha value is -3.77. The molecule has 2 aromatic carbocycles. The summed E-state index contributed by atoms with van der Waals surface area (Å²) in [5.74, 6) is -0.0432. The minimum absolute atomic E-state index is 0.368. The number of carboxylic acid groups (broad SMARTS) is 1. The maximum absolute atomic E-state index is 12.1. The second kappa shape index (κ2) is 11.3. The Morgan fingerprint density at radius 2 is 1.86 bits per heavy atom. The summed E-state index contributed by atoms with van der Waals surface area (Å²) in [5, 5.41) is 17.1. The predicted octanol–water partition coefficient (Wildman–Crippen LogP) is 6.63. The highest BCUT2D eigenvalue weighted by Crippen LogP contribution is 2.28. The second-order valence-corrected chi connectivity index (χ2v) is 9.47. The van der Waals surface area contributed by atoms with E-state index in [1.54, 1.807) is 6.20 Å². The largest absolute Gasteiger partial charge is 0.480 e. The van der Waals surface area contributed by atoms with Crippen LogP contribution in [0, 0.1) is 13.8 Å². The topological polar surface area (TPSA) is 90.0 Å². The minimum atomic E-state index is -0.888. The summed E-state index contributed by atoms with van der Waals surface area (Å²) in [6.45, 7) is 6.66. The summed E-state index contributed by atoms with van der Waals surface area (Å²) in [4.78, 5) is 19.7. The molecule has 36 heavy (non-hydrogen) atoms. The number of aryl methyl sites for hydroxylation is 3. The van der Waals surface area contributed by atoms with Crippen LogP contribution < -0.4 is 10.6 Å². The van der Waals surface area contributed by atoms with Crippen molar-refractivity contribution < 1.29 is 9.90 Å². The molecule has 0 aliphatic rings. The number of aromatic amines is 1. The number of halogens is 1. The van der Waals surface area contributed by atoms with E-state index in [0.717, 1.165) is 57.0 Å². The van der Waals surface area contributed by atoms with Crippen LogP contribution in [0.4, 0.5) is 11.5 Å². The molecule has 0 bridgehead atoms. The molecule has 2 aromatic heterocycles. The molecule has 0 aliphatic heterocycles. The number of anilines is 2. The van der Waals surface area contributed by atoms with Crippen molar-refractivity contribution in [2.45, 2.75) is 46.2 Å². The van der Waals surface area contributed by atoms with E-state index in [4.69, 9.17) is 11.6 Å². The first kappa shape index (κ1) is 25.3. The molecule has 0 saturated heterocycles. The fraction of sp³-hybridized carbons (Fsp3) is 0.241. The fourth-order valence-electron chi connectivity index (χ4n) is 4.27. The number of carbonyl (C=O) groups is 1. The first-order valence-electron chi connectivity index (χ1n) is 12.0. The van der Waals surface area contributed by atoms with Crippen LogP contribution in [-0.4, -0.2) is 27.1 Å². The molecule has 4 N–H and O–H groups in total. The van der Waals surface area contributed by atoms with Crippen molar-refractivity contribution >= 4 is 29.1 Å². The zero-order valence-corrected chi connectivity index (χ0v) is 21.5. The van der Waals surface area contributed by atoms with Crippen molar-refractivity contribution in [2.75, 3.05) is 10.6 Å². The first-order valence-corrected chi connectivity index (χ1v) is 12.4. The van der Waals surface area contributed by atoms with Gasteiger partial charge in [-0.1, -0.05) is 42.8 Å². The maximum atomic E-state index is 12.1. The van der Waals surface area contributed by atoms with Crippen LogP contribution in [-0.2, 0) is 24.2 Å². The van der Waals surface area contributed by atoms with Crippen LogP contribution in [0.15, 0.2) is 67.0 Å². The number of pyridine rings is 1. The van der Waals surface area contributed by atoms with Gasteiger partial charge in [0, 0.05) is 35.2 Å². The van der Waals surface area contributed by atoms with Crippen LogP contribution in [0.2, 0.25) is 5.02 Å². The van der Waals surface area contributed by atoms with Crippen molar-refractivity contribution in [3.05, 3.63) is 100.0 Å². The van der Waals surface area contributed by atoms with Gasteiger partial charge in [0.05, 0.1) is 6.54 Å². The van der Waals surface area contributed by atoms with E-state index in [0.29, 0.717) is 18.0 Å². The average molecular weight is 503 g/mol. The van der Waals surface area contributed by atoms with Gasteiger partial charge in [-0.05, 0) is 84.0 Å². The Morgan fingerprint density at radius 3 is 2.56 bits per heavy atom. The molecule has 4 aromatic rings. The monoisotopic (exact) mass is 502 g/mol. The molecular formula is C29H31ClN4O2. The van der Waals surface area contributed by atoms with Crippen LogP contribution in [0.25, 0.3) is 11.1 Å². The summed E-state index contributed by atoms with van der Waals surface area (Å²) in [7, 11) is 0. The van der Waals surface area contributed by atoms with Crippen molar-refractivity contribution in [2.24, 2.45) is 0 Å². The van der Waals surface area contributed by atoms with Gasteiger partial charge in [0.15, 0.2) is 0 Å². The number of benzene rings is 2. The van der Waals surface area contributed by atoms with E-state index in [1.807, 2.05) is 75.5 Å². The van der Waals surface area contributed by atoms with Crippen molar-refractivity contribution in [3.8, 4) is 11.1 Å². The molecule has 0 fully saturated rings. The molecule has 186 valence electrons. The lowest BCUT2D eigenvalue weighted by Gasteiger charge is -2.20. The van der Waals surface area contributed by atoms with Gasteiger partial charge in [0.2, 0.25) is 0 Å². The summed E-state index contributed by atoms with van der Waals surface area (Å²) < 4.78 is 0. The number of carboxylic acids is 1. The van der Waals surface area contributed by atoms with Crippen LogP contribution in [0.3, 0.4) is 0 Å². The quantitative estimate of drug-likeness (QED) is 0.195. The lowest BCUT2D eigenvalue weighted by atomic mass is 10.00. The average Bonchev–Trinajstić information content (AvgIpc) is 3.33. The Kier molecular flexibility index (Phi) is 7.96. The highest BCUT2D eigenvalue weighted by Gasteiger charge is 2.20. The van der Waals surface area contributed by atoms with Gasteiger partial charge in [-0.25, -0.2) is 9.78 Å². The molecule has 0 amide bonds. The fourth-order valence-corrected chi connectivity index (χ4v) is 4.57. The molecule has 6 nitrogen and oxygen atoms in total. The summed E-state index contributed by atoms with van der Waals surface area (Å²) in [6, 6.07) is 17.1. The Labute approximate surface area is 216 Å². The van der Waals surface area contributed by atoms with Gasteiger partial charge in [0.25, 0.3) is 0 Å². The van der Waals surface area contributed by atoms with Crippen LogP contribution in [0.5, 0.6) is 0 Å². The molecule has 0 saturated carbocycles. The predicted molar refractivity (Wildman–Crippen MR) is 147 cm³/mol. The standard InChI is InChI=1S/C29H31ClN4O2/c1-4-21-14-24(30)12-19(3)28(21)34-26(29(35)36)13-20-5-7-22(8-6-20)23-15-25(32-16-23)17-33-27-11-18(2)9-10-31-27/h5-12,14-16,26,32,34H,4,13,17H2,1-3H3,(H,31,33)(H,35,36). The van der Waals surface area contributed by atoms with E-state index in [9.17, 15) is 9.90 Å². The van der Waals surface area contributed by atoms with Gasteiger partial charge >= 0.3 is 5.97 Å². The van der Waals surface area contributed by atoms with Crippen LogP contribution >= 0.6 is 11.6 Å². The van der Waals surface area contributed by atoms with Gasteiger partial charge in [-0.2, -0.15) is 0 Å². The van der Waals surface area contributed by atoms with E-state index in [-0.39, 0.29) is 0 Å². The van der Waals surface area contributed by atoms with Gasteiger partial charge in [-0.3, -0.25) is 0 Å². The van der Waals surface area contributed by atoms with E-state index >= 15 is 0 Å². The summed E-state index contributed by atoms with van der Waals surface area (Å²) in [5.41, 5.74) is 8.11. The Bertz CT molecular complexity index is 1350. The molecule has 0 aliphatic carbocycles. The number of aromatic nitrogens is 2. The second-order valence-electron chi connectivity index (χ2n) is 9.03. The third-order valence-electron chi connectivity index (χ3n) is 6.22. The number of rotatable bonds is 10. The number of hydrogen-bond donors (Lipinski definition) is 4. The first-order chi connectivity index (χ1) is 17.3. The summed E-state index contributed by atoms with van der Waals surface area (Å²) in [6.07, 6.45) is 4.91. The zero-order chi connectivity index (χ0) is 25.7. The number of nitrogens with one attached hydrogen (secondary N) is 3. The van der Waals surface area contributed by atoms with Gasteiger partial charge in [0.1, 0.15) is 11.9 Å². The molecule has 0 radical (unpaired) electrons. The molecule has 0 spiro atoms. The number of aliphatic carboxylic acids is 1. The third kappa shape index (κ3) is 6.26. The van der Waals surface area contributed by atoms with Gasteiger partial charge < -0.3 is 20.7 Å². The van der Waals surface area contributed by atoms with Crippen molar-refractivity contribution in [1.29, 1.82) is 0 Å². The number of nitrogens with zero attached hydrogens (tertiary/aromatic N) is 1. The third-order valence-corrected chi connectivity index (χ3v) is 6.44. The number of H-pyrrole nitrogens is 1. The smallest absolute Gasteiger partial charge is 0.326 e. The van der Waals surface area contributed by atoms with E-state index < -0.39 is 12.0 Å². The SMILES string of the molecule is CCc1cc(Cl)cc(C)c1NC(Cc1ccc(-c2c[nH]c(CNc3cc(C)ccn3)c2)cc1)C(=O)O. The molecule has 4 rings (SSSR count). The molecular weight excluding hydrogens is 472 g/mol. The number of hydrogen-bond acceptors (Lipinski definition) is 4. The molecule has 1 atom stereocenters. The van der Waals surface area contributed by atoms with Crippen molar-refractivity contribution in [1.82, 2.24) is 9.97 Å².